The van der Waals surface area contributed by atoms with Crippen LogP contribution in [0, 0.1) is 0 Å². The number of aryl methyl sites for hydroxylation is 1. The van der Waals surface area contributed by atoms with Crippen molar-refractivity contribution >= 4 is 28.9 Å². The van der Waals surface area contributed by atoms with Crippen molar-refractivity contribution in [3.63, 3.8) is 0 Å². The van der Waals surface area contributed by atoms with Gasteiger partial charge < -0.3 is 9.88 Å². The average Bonchev–Trinajstić information content (AvgIpc) is 2.77. The van der Waals surface area contributed by atoms with E-state index >= 15 is 0 Å². The van der Waals surface area contributed by atoms with E-state index in [-0.39, 0.29) is 0 Å². The number of nitrogens with one attached hydrogen (secondary N) is 1. The minimum Gasteiger partial charge on any atom is -0.378 e. The summed E-state index contributed by atoms with van der Waals surface area (Å²) in [6.45, 7) is 3.94. The van der Waals surface area contributed by atoms with Crippen LogP contribution in [-0.2, 0) is 13.1 Å². The summed E-state index contributed by atoms with van der Waals surface area (Å²) in [6.07, 6.45) is 5.37. The molecule has 0 aliphatic heterocycles. The molecule has 0 aliphatic rings. The van der Waals surface area contributed by atoms with Gasteiger partial charge in [0, 0.05) is 25.5 Å². The molecule has 2 nitrogen and oxygen atoms in total. The number of hydrogen-bond acceptors (Lipinski definition) is 1. The summed E-state index contributed by atoms with van der Waals surface area (Å²) in [4.78, 5) is 0. The Hall–Kier alpha value is -1.12. The van der Waals surface area contributed by atoms with Crippen molar-refractivity contribution < 1.29 is 0 Å². The lowest BCUT2D eigenvalue weighted by Crippen LogP contribution is -2.00. The lowest BCUT2D eigenvalue weighted by molar-refractivity contribution is 0.682. The van der Waals surface area contributed by atoms with Crippen molar-refractivity contribution in [1.82, 2.24) is 4.57 Å². The predicted octanol–water partition coefficient (Wildman–Crippen LogP) is 4.82. The lowest BCUT2D eigenvalue weighted by Gasteiger charge is -2.09. The summed E-state index contributed by atoms with van der Waals surface area (Å²) < 4.78 is 2.19. The van der Waals surface area contributed by atoms with Crippen LogP contribution in [0.3, 0.4) is 0 Å². The summed E-state index contributed by atoms with van der Waals surface area (Å²) >= 11 is 12.2. The molecule has 4 heteroatoms. The Morgan fingerprint density at radius 2 is 1.89 bits per heavy atom. The van der Waals surface area contributed by atoms with E-state index in [0.717, 1.165) is 25.2 Å². The fraction of sp³-hybridized carbons (Fsp3) is 0.286. The van der Waals surface area contributed by atoms with Crippen LogP contribution in [-0.4, -0.2) is 4.57 Å². The monoisotopic (exact) mass is 282 g/mol. The van der Waals surface area contributed by atoms with Gasteiger partial charge in [0.05, 0.1) is 15.7 Å². The predicted molar refractivity (Wildman–Crippen MR) is 78.5 cm³/mol. The second kappa shape index (κ2) is 6.17. The highest BCUT2D eigenvalue weighted by molar-refractivity contribution is 6.39. The summed E-state index contributed by atoms with van der Waals surface area (Å²) in [5.74, 6) is 0. The van der Waals surface area contributed by atoms with Crippen LogP contribution in [0.25, 0.3) is 0 Å². The van der Waals surface area contributed by atoms with Crippen LogP contribution < -0.4 is 5.32 Å². The summed E-state index contributed by atoms with van der Waals surface area (Å²) in [5.41, 5.74) is 2.02. The van der Waals surface area contributed by atoms with Gasteiger partial charge in [-0.25, -0.2) is 0 Å². The first-order valence-corrected chi connectivity index (χ1v) is 6.79. The Labute approximate surface area is 118 Å². The third-order valence-corrected chi connectivity index (χ3v) is 3.36. The summed E-state index contributed by atoms with van der Waals surface area (Å²) in [7, 11) is 0. The van der Waals surface area contributed by atoms with E-state index in [9.17, 15) is 0 Å². The van der Waals surface area contributed by atoms with E-state index in [1.807, 2.05) is 18.2 Å². The van der Waals surface area contributed by atoms with Crippen LogP contribution in [0.2, 0.25) is 10.0 Å². The maximum absolute atomic E-state index is 6.10. The summed E-state index contributed by atoms with van der Waals surface area (Å²) in [6, 6.07) is 7.61. The largest absolute Gasteiger partial charge is 0.378 e. The highest BCUT2D eigenvalue weighted by Gasteiger charge is 2.05. The molecule has 18 heavy (non-hydrogen) atoms. The summed E-state index contributed by atoms with van der Waals surface area (Å²) in [5, 5.41) is 4.57. The van der Waals surface area contributed by atoms with E-state index in [1.165, 1.54) is 5.56 Å². The van der Waals surface area contributed by atoms with Crippen LogP contribution in [0.1, 0.15) is 18.9 Å². The molecule has 2 aromatic rings. The van der Waals surface area contributed by atoms with E-state index in [2.05, 4.69) is 35.3 Å². The minimum atomic E-state index is 0.649. The molecular weight excluding hydrogens is 267 g/mol. The van der Waals surface area contributed by atoms with E-state index in [4.69, 9.17) is 23.2 Å². The maximum Gasteiger partial charge on any atom is 0.0721 e. The second-order valence-electron chi connectivity index (χ2n) is 4.21. The van der Waals surface area contributed by atoms with Gasteiger partial charge in [0.25, 0.3) is 0 Å². The first-order chi connectivity index (χ1) is 8.70. The number of aromatic nitrogens is 1. The molecule has 1 N–H and O–H groups in total. The average molecular weight is 283 g/mol. The molecule has 0 saturated carbocycles. The molecule has 2 rings (SSSR count). The van der Waals surface area contributed by atoms with Gasteiger partial charge in [-0.05, 0) is 30.2 Å². The molecule has 0 atom stereocenters. The zero-order valence-electron chi connectivity index (χ0n) is 10.3. The van der Waals surface area contributed by atoms with Crippen molar-refractivity contribution in [3.05, 3.63) is 52.3 Å². The normalized spacial score (nSPS) is 10.6. The first kappa shape index (κ1) is 13.3. The van der Waals surface area contributed by atoms with Gasteiger partial charge in [-0.3, -0.25) is 0 Å². The van der Waals surface area contributed by atoms with Crippen LogP contribution >= 0.6 is 23.2 Å². The zero-order valence-corrected chi connectivity index (χ0v) is 11.8. The highest BCUT2D eigenvalue weighted by atomic mass is 35.5. The molecule has 1 heterocycles. The first-order valence-electron chi connectivity index (χ1n) is 6.03. The molecule has 1 aromatic carbocycles. The zero-order chi connectivity index (χ0) is 13.0. The second-order valence-corrected chi connectivity index (χ2v) is 5.02. The molecule has 96 valence electrons. The minimum absolute atomic E-state index is 0.649. The highest BCUT2D eigenvalue weighted by Crippen LogP contribution is 2.30. The molecule has 0 bridgehead atoms. The third-order valence-electron chi connectivity index (χ3n) is 2.73. The fourth-order valence-corrected chi connectivity index (χ4v) is 2.38. The molecule has 0 unspecified atom stereocenters. The van der Waals surface area contributed by atoms with Crippen molar-refractivity contribution in [2.75, 3.05) is 5.32 Å². The van der Waals surface area contributed by atoms with Crippen molar-refractivity contribution in [1.29, 1.82) is 0 Å². The number of benzene rings is 1. The number of hydrogen-bond donors (Lipinski definition) is 1. The lowest BCUT2D eigenvalue weighted by atomic mass is 10.3. The maximum atomic E-state index is 6.10. The van der Waals surface area contributed by atoms with Gasteiger partial charge in [0.15, 0.2) is 0 Å². The van der Waals surface area contributed by atoms with Crippen molar-refractivity contribution in [3.8, 4) is 0 Å². The SMILES string of the molecule is CCCn1ccc(CNc2c(Cl)cccc2Cl)c1. The number of nitrogens with zero attached hydrogens (tertiary/aromatic N) is 1. The number of halogens is 2. The molecule has 0 amide bonds. The van der Waals surface area contributed by atoms with Gasteiger partial charge in [-0.2, -0.15) is 0 Å². The number of anilines is 1. The molecule has 1 aromatic heterocycles. The molecule has 0 radical (unpaired) electrons. The molecule has 0 saturated heterocycles. The Morgan fingerprint density at radius 3 is 2.56 bits per heavy atom. The van der Waals surface area contributed by atoms with E-state index in [1.54, 1.807) is 0 Å². The van der Waals surface area contributed by atoms with Crippen molar-refractivity contribution in [2.24, 2.45) is 0 Å². The number of para-hydroxylation sites is 1. The van der Waals surface area contributed by atoms with Crippen LogP contribution in [0.5, 0.6) is 0 Å². The standard InChI is InChI=1S/C14H16Cl2N2/c1-2-7-18-8-6-11(10-18)9-17-14-12(15)4-3-5-13(14)16/h3-6,8,10,17H,2,7,9H2,1H3. The topological polar surface area (TPSA) is 17.0 Å². The Morgan fingerprint density at radius 1 is 1.17 bits per heavy atom. The molecule has 0 fully saturated rings. The van der Waals surface area contributed by atoms with Crippen LogP contribution in [0.4, 0.5) is 5.69 Å². The Bertz CT molecular complexity index is 500. The Balaban J connectivity index is 2.02. The smallest absolute Gasteiger partial charge is 0.0721 e. The van der Waals surface area contributed by atoms with Gasteiger partial charge in [0.1, 0.15) is 0 Å². The third kappa shape index (κ3) is 3.21. The van der Waals surface area contributed by atoms with Crippen molar-refractivity contribution in [2.45, 2.75) is 26.4 Å². The van der Waals surface area contributed by atoms with E-state index in [0.29, 0.717) is 10.0 Å². The number of rotatable bonds is 5. The van der Waals surface area contributed by atoms with Gasteiger partial charge in [-0.15, -0.1) is 0 Å². The van der Waals surface area contributed by atoms with E-state index < -0.39 is 0 Å². The van der Waals surface area contributed by atoms with Crippen LogP contribution in [0.15, 0.2) is 36.7 Å². The molecule has 0 spiro atoms. The van der Waals surface area contributed by atoms with Gasteiger partial charge in [0.2, 0.25) is 0 Å². The molecule has 0 aliphatic carbocycles. The fourth-order valence-electron chi connectivity index (χ4n) is 1.85. The quantitative estimate of drug-likeness (QED) is 0.832. The van der Waals surface area contributed by atoms with Gasteiger partial charge >= 0.3 is 0 Å². The molecular formula is C14H16Cl2N2. The van der Waals surface area contributed by atoms with Gasteiger partial charge in [-0.1, -0.05) is 36.2 Å². The Kier molecular flexibility index (Phi) is 4.56.